The predicted octanol–water partition coefficient (Wildman–Crippen LogP) is 3.08. The second kappa shape index (κ2) is 5.43. The van der Waals surface area contributed by atoms with Crippen LogP contribution in [0.4, 0.5) is 5.00 Å². The summed E-state index contributed by atoms with van der Waals surface area (Å²) in [5.41, 5.74) is 0.962. The van der Waals surface area contributed by atoms with Crippen molar-refractivity contribution in [2.45, 2.75) is 18.1 Å². The SMILES string of the molecule is Cc1cc(S(=O)(=O)Nc2snc(C)c2C(=O)O)sc1Br. The number of rotatable bonds is 4. The molecule has 2 heterocycles. The molecule has 2 aromatic heterocycles. The quantitative estimate of drug-likeness (QED) is 0.827. The van der Waals surface area contributed by atoms with Crippen LogP contribution in [0, 0.1) is 13.8 Å². The van der Waals surface area contributed by atoms with Crippen molar-refractivity contribution < 1.29 is 18.3 Å². The second-order valence-corrected chi connectivity index (χ2v) is 8.96. The van der Waals surface area contributed by atoms with Gasteiger partial charge in [-0.3, -0.25) is 4.72 Å². The summed E-state index contributed by atoms with van der Waals surface area (Å²) in [7, 11) is -3.81. The number of hydrogen-bond acceptors (Lipinski definition) is 6. The van der Waals surface area contributed by atoms with Crippen LogP contribution in [0.3, 0.4) is 0 Å². The maximum absolute atomic E-state index is 12.2. The molecule has 0 aromatic carbocycles. The van der Waals surface area contributed by atoms with E-state index in [0.29, 0.717) is 0 Å². The van der Waals surface area contributed by atoms with Gasteiger partial charge in [-0.05, 0) is 52.9 Å². The number of hydrogen-bond donors (Lipinski definition) is 2. The summed E-state index contributed by atoms with van der Waals surface area (Å²) in [5.74, 6) is -1.21. The molecule has 0 aliphatic carbocycles. The van der Waals surface area contributed by atoms with Crippen molar-refractivity contribution in [1.82, 2.24) is 4.37 Å². The fraction of sp³-hybridized carbons (Fsp3) is 0.200. The van der Waals surface area contributed by atoms with Gasteiger partial charge in [-0.1, -0.05) is 0 Å². The minimum atomic E-state index is -3.81. The van der Waals surface area contributed by atoms with Gasteiger partial charge >= 0.3 is 5.97 Å². The molecule has 0 aliphatic heterocycles. The van der Waals surface area contributed by atoms with Gasteiger partial charge in [0.05, 0.1) is 9.48 Å². The van der Waals surface area contributed by atoms with Gasteiger partial charge in [0, 0.05) is 0 Å². The monoisotopic (exact) mass is 396 g/mol. The zero-order valence-corrected chi connectivity index (χ0v) is 14.3. The molecule has 6 nitrogen and oxygen atoms in total. The molecule has 2 rings (SSSR count). The third kappa shape index (κ3) is 2.87. The van der Waals surface area contributed by atoms with E-state index in [1.165, 1.54) is 13.0 Å². The standard InChI is InChI=1S/C10H9BrN2O4S3/c1-4-3-6(18-8(4)11)20(16,17)13-9-7(10(14)15)5(2)12-19-9/h3,13H,1-2H3,(H,14,15). The van der Waals surface area contributed by atoms with Crippen LogP contribution in [0.25, 0.3) is 0 Å². The van der Waals surface area contributed by atoms with E-state index in [2.05, 4.69) is 25.0 Å². The molecule has 10 heteroatoms. The number of thiophene rings is 1. The van der Waals surface area contributed by atoms with Crippen LogP contribution in [0.5, 0.6) is 0 Å². The summed E-state index contributed by atoms with van der Waals surface area (Å²) in [5, 5.41) is 9.09. The Labute approximate surface area is 131 Å². The molecule has 0 fully saturated rings. The highest BCUT2D eigenvalue weighted by atomic mass is 79.9. The van der Waals surface area contributed by atoms with Gasteiger partial charge in [-0.25, -0.2) is 13.2 Å². The summed E-state index contributed by atoms with van der Waals surface area (Å²) in [4.78, 5) is 11.1. The van der Waals surface area contributed by atoms with Gasteiger partial charge in [0.25, 0.3) is 10.0 Å². The number of halogens is 1. The molecule has 0 bridgehead atoms. The molecule has 0 amide bonds. The first-order valence-corrected chi connectivity index (χ1v) is 9.07. The topological polar surface area (TPSA) is 96.4 Å². The number of carbonyl (C=O) groups is 1. The maximum atomic E-state index is 12.2. The van der Waals surface area contributed by atoms with Crippen LogP contribution in [-0.4, -0.2) is 23.9 Å². The summed E-state index contributed by atoms with van der Waals surface area (Å²) in [6.07, 6.45) is 0. The van der Waals surface area contributed by atoms with Crippen molar-refractivity contribution in [1.29, 1.82) is 0 Å². The summed E-state index contributed by atoms with van der Waals surface area (Å²) in [6.45, 7) is 3.29. The van der Waals surface area contributed by atoms with Crippen molar-refractivity contribution >= 4 is 59.8 Å². The number of sulfonamides is 1. The zero-order chi connectivity index (χ0) is 15.1. The minimum absolute atomic E-state index is 0.0113. The van der Waals surface area contributed by atoms with E-state index in [9.17, 15) is 13.2 Å². The predicted molar refractivity (Wildman–Crippen MR) is 81.4 cm³/mol. The number of carboxylic acid groups (broad SMARTS) is 1. The first kappa shape index (κ1) is 15.4. The Kier molecular flexibility index (Phi) is 4.19. The lowest BCUT2D eigenvalue weighted by Gasteiger charge is -2.04. The zero-order valence-electron chi connectivity index (χ0n) is 10.3. The fourth-order valence-electron chi connectivity index (χ4n) is 1.43. The summed E-state index contributed by atoms with van der Waals surface area (Å²) in [6, 6.07) is 1.52. The third-order valence-corrected chi connectivity index (χ3v) is 7.35. The largest absolute Gasteiger partial charge is 0.478 e. The van der Waals surface area contributed by atoms with Crippen molar-refractivity contribution in [2.24, 2.45) is 0 Å². The van der Waals surface area contributed by atoms with Gasteiger partial charge in [-0.2, -0.15) is 4.37 Å². The van der Waals surface area contributed by atoms with E-state index in [1.54, 1.807) is 6.92 Å². The Morgan fingerprint density at radius 3 is 2.60 bits per heavy atom. The average molecular weight is 397 g/mol. The van der Waals surface area contributed by atoms with E-state index < -0.39 is 16.0 Å². The number of aromatic nitrogens is 1. The molecule has 0 aliphatic rings. The molecule has 108 valence electrons. The number of aromatic carboxylic acids is 1. The van der Waals surface area contributed by atoms with Crippen LogP contribution >= 0.6 is 38.8 Å². The Hall–Kier alpha value is -0.970. The number of nitrogens with one attached hydrogen (secondary N) is 1. The lowest BCUT2D eigenvalue weighted by Crippen LogP contribution is -2.13. The summed E-state index contributed by atoms with van der Waals surface area (Å²) >= 11 is 5.13. The van der Waals surface area contributed by atoms with Crippen molar-refractivity contribution in [3.63, 3.8) is 0 Å². The molecule has 0 saturated carbocycles. The van der Waals surface area contributed by atoms with E-state index in [0.717, 1.165) is 32.2 Å². The van der Waals surface area contributed by atoms with E-state index >= 15 is 0 Å². The molecule has 0 unspecified atom stereocenters. The lowest BCUT2D eigenvalue weighted by atomic mass is 10.2. The molecule has 2 aromatic rings. The van der Waals surface area contributed by atoms with Crippen molar-refractivity contribution in [2.75, 3.05) is 4.72 Å². The number of carboxylic acids is 1. The van der Waals surface area contributed by atoms with Crippen LogP contribution in [-0.2, 0) is 10.0 Å². The Balaban J connectivity index is 2.41. The van der Waals surface area contributed by atoms with Gasteiger partial charge in [0.2, 0.25) is 0 Å². The highest BCUT2D eigenvalue weighted by Crippen LogP contribution is 2.33. The fourth-order valence-corrected chi connectivity index (χ4v) is 5.74. The molecular weight excluding hydrogens is 388 g/mol. The average Bonchev–Trinajstić information content (AvgIpc) is 2.83. The molecule has 2 N–H and O–H groups in total. The molecular formula is C10H9BrN2O4S3. The Morgan fingerprint density at radius 2 is 2.10 bits per heavy atom. The molecule has 0 spiro atoms. The van der Waals surface area contributed by atoms with Gasteiger partial charge in [0.15, 0.2) is 0 Å². The third-order valence-electron chi connectivity index (χ3n) is 2.40. The highest BCUT2D eigenvalue weighted by molar-refractivity contribution is 9.11. The molecule has 20 heavy (non-hydrogen) atoms. The number of nitrogens with zero attached hydrogens (tertiary/aromatic N) is 1. The number of anilines is 1. The van der Waals surface area contributed by atoms with E-state index in [1.807, 2.05) is 0 Å². The lowest BCUT2D eigenvalue weighted by molar-refractivity contribution is 0.0697. The van der Waals surface area contributed by atoms with Crippen molar-refractivity contribution in [3.8, 4) is 0 Å². The van der Waals surface area contributed by atoms with Gasteiger partial charge < -0.3 is 5.11 Å². The highest BCUT2D eigenvalue weighted by Gasteiger charge is 2.24. The van der Waals surface area contributed by atoms with Crippen LogP contribution < -0.4 is 4.72 Å². The Bertz CT molecular complexity index is 759. The van der Waals surface area contributed by atoms with Crippen LogP contribution in [0.1, 0.15) is 21.6 Å². The first-order chi connectivity index (χ1) is 9.22. The minimum Gasteiger partial charge on any atom is -0.478 e. The van der Waals surface area contributed by atoms with Gasteiger partial charge in [-0.15, -0.1) is 11.3 Å². The van der Waals surface area contributed by atoms with Crippen LogP contribution in [0.2, 0.25) is 0 Å². The molecule has 0 radical (unpaired) electrons. The maximum Gasteiger partial charge on any atom is 0.340 e. The number of aryl methyl sites for hydroxylation is 2. The Morgan fingerprint density at radius 1 is 1.45 bits per heavy atom. The van der Waals surface area contributed by atoms with Gasteiger partial charge in [0.1, 0.15) is 14.8 Å². The van der Waals surface area contributed by atoms with Crippen molar-refractivity contribution in [3.05, 3.63) is 26.7 Å². The normalized spacial score (nSPS) is 11.6. The van der Waals surface area contributed by atoms with E-state index in [4.69, 9.17) is 5.11 Å². The second-order valence-electron chi connectivity index (χ2n) is 3.90. The molecule has 0 atom stereocenters. The van der Waals surface area contributed by atoms with E-state index in [-0.39, 0.29) is 20.5 Å². The first-order valence-electron chi connectivity index (χ1n) is 5.20. The molecule has 0 saturated heterocycles. The summed E-state index contributed by atoms with van der Waals surface area (Å²) < 4.78 is 31.4. The smallest absolute Gasteiger partial charge is 0.340 e. The van der Waals surface area contributed by atoms with Crippen LogP contribution in [0.15, 0.2) is 14.1 Å².